The second-order valence-electron chi connectivity index (χ2n) is 7.57. The third-order valence-corrected chi connectivity index (χ3v) is 4.79. The van der Waals surface area contributed by atoms with Gasteiger partial charge in [0.25, 0.3) is 5.91 Å². The van der Waals surface area contributed by atoms with Gasteiger partial charge >= 0.3 is 0 Å². The summed E-state index contributed by atoms with van der Waals surface area (Å²) in [6.07, 6.45) is 0. The zero-order valence-electron chi connectivity index (χ0n) is 20.2. The first-order chi connectivity index (χ1) is 17.7. The smallest absolute Gasteiger partial charge is 0.251 e. The molecule has 0 saturated heterocycles. The van der Waals surface area contributed by atoms with E-state index in [2.05, 4.69) is 36.2 Å². The monoisotopic (exact) mass is 495 g/mol. The molecule has 0 radical (unpaired) electrons. The Kier molecular flexibility index (Phi) is 11.9. The maximum absolute atomic E-state index is 11.9. The minimum absolute atomic E-state index is 0.0312. The van der Waals surface area contributed by atoms with Gasteiger partial charge in [0.15, 0.2) is 0 Å². The molecular weight excluding hydrogens is 462 g/mol. The van der Waals surface area contributed by atoms with Gasteiger partial charge in [0, 0.05) is 31.7 Å². The van der Waals surface area contributed by atoms with Gasteiger partial charge in [0.1, 0.15) is 0 Å². The Bertz CT molecular complexity index is 1030. The molecule has 1 aromatic heterocycles. The summed E-state index contributed by atoms with van der Waals surface area (Å²) in [5, 5.41) is 21.2. The molecule has 0 aliphatic rings. The minimum Gasteiger partial charge on any atom is -0.395 e. The predicted molar refractivity (Wildman–Crippen MR) is 138 cm³/mol. The van der Waals surface area contributed by atoms with Crippen molar-refractivity contribution in [1.82, 2.24) is 20.3 Å². The van der Waals surface area contributed by atoms with Crippen LogP contribution in [-0.4, -0.2) is 78.6 Å². The standard InChI is InChI=1S/C25H33N7O4/c33-14-11-27-23-30-24(32-25(31-23)29-19-20-7-3-1-4-8-20)28-13-16-36-18-17-35-15-12-26-22(34)21-9-5-2-6-10-21/h1-10,33H,11-19H2,(H,26,34)(H3,27,28,29,30,31,32). The van der Waals surface area contributed by atoms with Crippen molar-refractivity contribution >= 4 is 23.8 Å². The van der Waals surface area contributed by atoms with E-state index in [1.165, 1.54) is 0 Å². The van der Waals surface area contributed by atoms with Crippen LogP contribution in [0.2, 0.25) is 0 Å². The number of hydrogen-bond donors (Lipinski definition) is 5. The number of ether oxygens (including phenoxy) is 2. The number of nitrogens with zero attached hydrogens (tertiary/aromatic N) is 3. The number of aromatic nitrogens is 3. The highest BCUT2D eigenvalue weighted by Crippen LogP contribution is 2.10. The second kappa shape index (κ2) is 16.0. The predicted octanol–water partition coefficient (Wildman–Crippen LogP) is 1.76. The fourth-order valence-electron chi connectivity index (χ4n) is 3.04. The quantitative estimate of drug-likeness (QED) is 0.176. The number of aliphatic hydroxyl groups is 1. The van der Waals surface area contributed by atoms with Crippen molar-refractivity contribution in [3.63, 3.8) is 0 Å². The molecule has 0 aliphatic heterocycles. The van der Waals surface area contributed by atoms with E-state index < -0.39 is 0 Å². The molecule has 1 amide bonds. The van der Waals surface area contributed by atoms with Crippen molar-refractivity contribution in [2.45, 2.75) is 6.54 Å². The fraction of sp³-hybridized carbons (Fsp3) is 0.360. The van der Waals surface area contributed by atoms with Crippen LogP contribution in [0.15, 0.2) is 60.7 Å². The number of benzene rings is 2. The minimum atomic E-state index is -0.118. The first-order valence-corrected chi connectivity index (χ1v) is 11.9. The topological polar surface area (TPSA) is 143 Å². The average molecular weight is 496 g/mol. The van der Waals surface area contributed by atoms with Crippen LogP contribution in [0, 0.1) is 0 Å². The average Bonchev–Trinajstić information content (AvgIpc) is 2.92. The molecule has 0 fully saturated rings. The van der Waals surface area contributed by atoms with Gasteiger partial charge in [0.05, 0.1) is 33.0 Å². The van der Waals surface area contributed by atoms with Crippen LogP contribution < -0.4 is 21.3 Å². The van der Waals surface area contributed by atoms with Crippen LogP contribution in [0.5, 0.6) is 0 Å². The lowest BCUT2D eigenvalue weighted by Gasteiger charge is -2.11. The third-order valence-electron chi connectivity index (χ3n) is 4.79. The Morgan fingerprint density at radius 3 is 1.89 bits per heavy atom. The molecule has 192 valence electrons. The Morgan fingerprint density at radius 2 is 1.25 bits per heavy atom. The summed E-state index contributed by atoms with van der Waals surface area (Å²) in [5.41, 5.74) is 1.73. The van der Waals surface area contributed by atoms with Gasteiger partial charge < -0.3 is 35.8 Å². The molecule has 3 aromatic rings. The molecule has 2 aromatic carbocycles. The lowest BCUT2D eigenvalue weighted by atomic mass is 10.2. The highest BCUT2D eigenvalue weighted by molar-refractivity contribution is 5.94. The largest absolute Gasteiger partial charge is 0.395 e. The van der Waals surface area contributed by atoms with Gasteiger partial charge in [-0.15, -0.1) is 0 Å². The van der Waals surface area contributed by atoms with E-state index in [0.717, 1.165) is 5.56 Å². The highest BCUT2D eigenvalue weighted by Gasteiger charge is 2.07. The van der Waals surface area contributed by atoms with Gasteiger partial charge in [-0.1, -0.05) is 48.5 Å². The van der Waals surface area contributed by atoms with Crippen molar-refractivity contribution in [1.29, 1.82) is 0 Å². The normalized spacial score (nSPS) is 10.6. The van der Waals surface area contributed by atoms with Crippen molar-refractivity contribution in [3.05, 3.63) is 71.8 Å². The number of aliphatic hydroxyl groups excluding tert-OH is 1. The first kappa shape index (κ1) is 26.8. The fourth-order valence-corrected chi connectivity index (χ4v) is 3.04. The van der Waals surface area contributed by atoms with Gasteiger partial charge in [-0.3, -0.25) is 4.79 Å². The molecule has 5 N–H and O–H groups in total. The van der Waals surface area contributed by atoms with Gasteiger partial charge in [-0.2, -0.15) is 15.0 Å². The molecule has 0 bridgehead atoms. The molecule has 11 heteroatoms. The van der Waals surface area contributed by atoms with Crippen molar-refractivity contribution in [3.8, 4) is 0 Å². The summed E-state index contributed by atoms with van der Waals surface area (Å²) in [6.45, 7) is 3.50. The van der Waals surface area contributed by atoms with E-state index >= 15 is 0 Å². The van der Waals surface area contributed by atoms with E-state index in [1.54, 1.807) is 12.1 Å². The number of anilines is 3. The van der Waals surface area contributed by atoms with Gasteiger partial charge in [0.2, 0.25) is 17.8 Å². The molecule has 0 unspecified atom stereocenters. The zero-order chi connectivity index (χ0) is 25.3. The van der Waals surface area contributed by atoms with Crippen molar-refractivity contribution < 1.29 is 19.4 Å². The Labute approximate surface area is 210 Å². The molecule has 1 heterocycles. The van der Waals surface area contributed by atoms with Crippen molar-refractivity contribution in [2.24, 2.45) is 0 Å². The maximum atomic E-state index is 11.9. The van der Waals surface area contributed by atoms with Gasteiger partial charge in [-0.05, 0) is 17.7 Å². The number of amides is 1. The lowest BCUT2D eigenvalue weighted by molar-refractivity contribution is 0.0519. The SMILES string of the molecule is O=C(NCCOCCOCCNc1nc(NCCO)nc(NCc2ccccc2)n1)c1ccccc1. The number of rotatable bonds is 17. The van der Waals surface area contributed by atoms with Crippen LogP contribution in [0.4, 0.5) is 17.8 Å². The molecular formula is C25H33N7O4. The molecule has 0 spiro atoms. The highest BCUT2D eigenvalue weighted by atomic mass is 16.5. The van der Waals surface area contributed by atoms with E-state index in [1.807, 2.05) is 48.5 Å². The van der Waals surface area contributed by atoms with Crippen LogP contribution in [0.1, 0.15) is 15.9 Å². The molecule has 0 saturated carbocycles. The molecule has 36 heavy (non-hydrogen) atoms. The van der Waals surface area contributed by atoms with E-state index in [9.17, 15) is 4.79 Å². The van der Waals surface area contributed by atoms with Gasteiger partial charge in [-0.25, -0.2) is 0 Å². The summed E-state index contributed by atoms with van der Waals surface area (Å²) >= 11 is 0. The Morgan fingerprint density at radius 1 is 0.694 bits per heavy atom. The van der Waals surface area contributed by atoms with Crippen LogP contribution in [0.3, 0.4) is 0 Å². The summed E-state index contributed by atoms with van der Waals surface area (Å²) < 4.78 is 11.1. The Hall–Kier alpha value is -3.80. The van der Waals surface area contributed by atoms with Crippen LogP contribution in [-0.2, 0) is 16.0 Å². The summed E-state index contributed by atoms with van der Waals surface area (Å²) in [7, 11) is 0. The first-order valence-electron chi connectivity index (χ1n) is 11.9. The van der Waals surface area contributed by atoms with Crippen LogP contribution >= 0.6 is 0 Å². The molecule has 0 aliphatic carbocycles. The second-order valence-corrected chi connectivity index (χ2v) is 7.57. The molecule has 0 atom stereocenters. The van der Waals surface area contributed by atoms with Crippen molar-refractivity contribution in [2.75, 3.05) is 68.6 Å². The summed E-state index contributed by atoms with van der Waals surface area (Å²) in [6, 6.07) is 19.0. The summed E-state index contributed by atoms with van der Waals surface area (Å²) in [4.78, 5) is 25.0. The zero-order valence-corrected chi connectivity index (χ0v) is 20.2. The van der Waals surface area contributed by atoms with E-state index in [-0.39, 0.29) is 12.5 Å². The van der Waals surface area contributed by atoms with E-state index in [0.29, 0.717) is 76.0 Å². The molecule has 3 rings (SSSR count). The maximum Gasteiger partial charge on any atom is 0.251 e. The molecule has 11 nitrogen and oxygen atoms in total. The Balaban J connectivity index is 1.30. The number of carbonyl (C=O) groups is 1. The number of nitrogens with one attached hydrogen (secondary N) is 4. The van der Waals surface area contributed by atoms with Crippen LogP contribution in [0.25, 0.3) is 0 Å². The lowest BCUT2D eigenvalue weighted by Crippen LogP contribution is -2.27. The van der Waals surface area contributed by atoms with E-state index in [4.69, 9.17) is 14.6 Å². The third kappa shape index (κ3) is 10.2. The summed E-state index contributed by atoms with van der Waals surface area (Å²) in [5.74, 6) is 1.07. The number of hydrogen-bond acceptors (Lipinski definition) is 10. The number of carbonyl (C=O) groups excluding carboxylic acids is 1.